The lowest BCUT2D eigenvalue weighted by atomic mass is 10.0. The smallest absolute Gasteiger partial charge is 0.103 e. The zero-order valence-corrected chi connectivity index (χ0v) is 6.47. The first-order valence-corrected chi connectivity index (χ1v) is 3.71. The number of rotatable bonds is 3. The first kappa shape index (κ1) is 8.54. The van der Waals surface area contributed by atoms with Crippen LogP contribution in [0, 0.1) is 12.3 Å². The predicted octanol–water partition coefficient (Wildman–Crippen LogP) is -0.639. The Kier molecular flexibility index (Phi) is 2.89. The van der Waals surface area contributed by atoms with Gasteiger partial charge in [0.25, 0.3) is 0 Å². The molecule has 0 bridgehead atoms. The molecule has 1 rings (SSSR count). The van der Waals surface area contributed by atoms with Crippen LogP contribution in [0.3, 0.4) is 0 Å². The number of hydrogen-bond donors (Lipinski definition) is 2. The fourth-order valence-electron chi connectivity index (χ4n) is 1.10. The summed E-state index contributed by atoms with van der Waals surface area (Å²) in [4.78, 5) is 0. The van der Waals surface area contributed by atoms with Gasteiger partial charge < -0.3 is 15.2 Å². The van der Waals surface area contributed by atoms with Gasteiger partial charge in [-0.2, -0.15) is 0 Å². The lowest BCUT2D eigenvalue weighted by molar-refractivity contribution is 0.0280. The molecule has 2 N–H and O–H groups in total. The van der Waals surface area contributed by atoms with Crippen LogP contribution in [0.4, 0.5) is 0 Å². The Morgan fingerprint density at radius 1 is 1.73 bits per heavy atom. The second-order valence-electron chi connectivity index (χ2n) is 2.83. The van der Waals surface area contributed by atoms with Crippen molar-refractivity contribution in [3.63, 3.8) is 0 Å². The van der Waals surface area contributed by atoms with Crippen LogP contribution in [-0.4, -0.2) is 37.0 Å². The second-order valence-corrected chi connectivity index (χ2v) is 2.83. The van der Waals surface area contributed by atoms with Gasteiger partial charge in [0.15, 0.2) is 0 Å². The standard InChI is InChI=1S/C8H13NO2/c1-2-4-9-6-8(10)3-5-11-7-8/h1,9-10H,3-7H2. The summed E-state index contributed by atoms with van der Waals surface area (Å²) >= 11 is 0. The topological polar surface area (TPSA) is 41.5 Å². The maximum atomic E-state index is 9.66. The Morgan fingerprint density at radius 3 is 3.09 bits per heavy atom. The zero-order valence-electron chi connectivity index (χ0n) is 6.47. The minimum Gasteiger partial charge on any atom is -0.386 e. The van der Waals surface area contributed by atoms with E-state index >= 15 is 0 Å². The molecule has 0 amide bonds. The molecule has 62 valence electrons. The maximum Gasteiger partial charge on any atom is 0.103 e. The van der Waals surface area contributed by atoms with E-state index in [0.29, 0.717) is 32.7 Å². The summed E-state index contributed by atoms with van der Waals surface area (Å²) in [6.07, 6.45) is 5.73. The van der Waals surface area contributed by atoms with Crippen LogP contribution in [-0.2, 0) is 4.74 Å². The molecule has 0 aromatic heterocycles. The summed E-state index contributed by atoms with van der Waals surface area (Å²) in [6, 6.07) is 0. The van der Waals surface area contributed by atoms with Crippen LogP contribution >= 0.6 is 0 Å². The third-order valence-corrected chi connectivity index (χ3v) is 1.76. The largest absolute Gasteiger partial charge is 0.386 e. The molecule has 1 heterocycles. The zero-order chi connectivity index (χ0) is 8.16. The van der Waals surface area contributed by atoms with Gasteiger partial charge in [0.2, 0.25) is 0 Å². The minimum absolute atomic E-state index is 0.421. The third-order valence-electron chi connectivity index (χ3n) is 1.76. The third kappa shape index (κ3) is 2.51. The van der Waals surface area contributed by atoms with Gasteiger partial charge in [-0.25, -0.2) is 0 Å². The van der Waals surface area contributed by atoms with E-state index in [2.05, 4.69) is 11.2 Å². The summed E-state index contributed by atoms with van der Waals surface area (Å²) in [6.45, 7) is 2.10. The number of hydrogen-bond acceptors (Lipinski definition) is 3. The van der Waals surface area contributed by atoms with E-state index in [4.69, 9.17) is 11.2 Å². The molecule has 3 nitrogen and oxygen atoms in total. The molecule has 11 heavy (non-hydrogen) atoms. The van der Waals surface area contributed by atoms with Crippen molar-refractivity contribution in [2.24, 2.45) is 0 Å². The summed E-state index contributed by atoms with van der Waals surface area (Å²) in [5.41, 5.74) is -0.684. The van der Waals surface area contributed by atoms with Crippen LogP contribution in [0.2, 0.25) is 0 Å². The highest BCUT2D eigenvalue weighted by atomic mass is 16.5. The summed E-state index contributed by atoms with van der Waals surface area (Å²) in [5.74, 6) is 2.45. The van der Waals surface area contributed by atoms with Crippen LogP contribution < -0.4 is 5.32 Å². The fourth-order valence-corrected chi connectivity index (χ4v) is 1.10. The predicted molar refractivity (Wildman–Crippen MR) is 42.1 cm³/mol. The molecule has 0 aliphatic carbocycles. The molecule has 1 fully saturated rings. The first-order chi connectivity index (χ1) is 5.27. The first-order valence-electron chi connectivity index (χ1n) is 3.71. The molecular formula is C8H13NO2. The Balaban J connectivity index is 2.19. The highest BCUT2D eigenvalue weighted by Gasteiger charge is 2.31. The van der Waals surface area contributed by atoms with E-state index in [0.717, 1.165) is 0 Å². The van der Waals surface area contributed by atoms with Crippen molar-refractivity contribution in [2.75, 3.05) is 26.3 Å². The van der Waals surface area contributed by atoms with Gasteiger partial charge in [0.05, 0.1) is 13.2 Å². The van der Waals surface area contributed by atoms with E-state index < -0.39 is 5.60 Å². The molecule has 0 spiro atoms. The molecule has 1 atom stereocenters. The Hall–Kier alpha value is -0.560. The Bertz CT molecular complexity index is 156. The van der Waals surface area contributed by atoms with Gasteiger partial charge >= 0.3 is 0 Å². The average Bonchev–Trinajstić information content (AvgIpc) is 2.38. The van der Waals surface area contributed by atoms with Gasteiger partial charge in [-0.1, -0.05) is 5.92 Å². The molecule has 1 unspecified atom stereocenters. The number of aliphatic hydroxyl groups is 1. The van der Waals surface area contributed by atoms with Crippen LogP contribution in [0.25, 0.3) is 0 Å². The van der Waals surface area contributed by atoms with E-state index in [1.807, 2.05) is 0 Å². The van der Waals surface area contributed by atoms with Crippen molar-refractivity contribution in [1.29, 1.82) is 0 Å². The highest BCUT2D eigenvalue weighted by Crippen LogP contribution is 2.16. The fraction of sp³-hybridized carbons (Fsp3) is 0.750. The van der Waals surface area contributed by atoms with Crippen molar-refractivity contribution >= 4 is 0 Å². The van der Waals surface area contributed by atoms with E-state index in [1.165, 1.54) is 0 Å². The van der Waals surface area contributed by atoms with Crippen LogP contribution in [0.5, 0.6) is 0 Å². The molecule has 1 aliphatic rings. The molecule has 0 aromatic carbocycles. The van der Waals surface area contributed by atoms with Crippen molar-refractivity contribution in [2.45, 2.75) is 12.0 Å². The van der Waals surface area contributed by atoms with Crippen molar-refractivity contribution < 1.29 is 9.84 Å². The van der Waals surface area contributed by atoms with Crippen LogP contribution in [0.15, 0.2) is 0 Å². The van der Waals surface area contributed by atoms with Gasteiger partial charge in [-0.15, -0.1) is 6.42 Å². The number of terminal acetylenes is 1. The van der Waals surface area contributed by atoms with Crippen LogP contribution in [0.1, 0.15) is 6.42 Å². The van der Waals surface area contributed by atoms with Gasteiger partial charge in [-0.3, -0.25) is 0 Å². The summed E-state index contributed by atoms with van der Waals surface area (Å²) < 4.78 is 5.05. The van der Waals surface area contributed by atoms with E-state index in [-0.39, 0.29) is 0 Å². The molecule has 1 saturated heterocycles. The normalized spacial score (nSPS) is 30.2. The van der Waals surface area contributed by atoms with E-state index in [9.17, 15) is 5.11 Å². The maximum absolute atomic E-state index is 9.66. The number of nitrogens with one attached hydrogen (secondary N) is 1. The second kappa shape index (κ2) is 3.72. The lowest BCUT2D eigenvalue weighted by Crippen LogP contribution is -2.41. The van der Waals surface area contributed by atoms with Gasteiger partial charge in [0.1, 0.15) is 5.60 Å². The van der Waals surface area contributed by atoms with E-state index in [1.54, 1.807) is 0 Å². The van der Waals surface area contributed by atoms with Crippen molar-refractivity contribution in [3.05, 3.63) is 0 Å². The molecule has 0 radical (unpaired) electrons. The lowest BCUT2D eigenvalue weighted by Gasteiger charge is -2.19. The molecular weight excluding hydrogens is 142 g/mol. The van der Waals surface area contributed by atoms with Crippen molar-refractivity contribution in [1.82, 2.24) is 5.32 Å². The SMILES string of the molecule is C#CCNCC1(O)CCOC1. The summed E-state index contributed by atoms with van der Waals surface area (Å²) in [7, 11) is 0. The average molecular weight is 155 g/mol. The molecule has 3 heteroatoms. The molecule has 0 aromatic rings. The van der Waals surface area contributed by atoms with Gasteiger partial charge in [0, 0.05) is 19.6 Å². The monoisotopic (exact) mass is 155 g/mol. The Labute approximate surface area is 66.7 Å². The molecule has 0 saturated carbocycles. The Morgan fingerprint density at radius 2 is 2.55 bits per heavy atom. The van der Waals surface area contributed by atoms with Gasteiger partial charge in [-0.05, 0) is 0 Å². The number of ether oxygens (including phenoxy) is 1. The minimum atomic E-state index is -0.684. The highest BCUT2D eigenvalue weighted by molar-refractivity contribution is 4.90. The molecule has 1 aliphatic heterocycles. The summed E-state index contributed by atoms with van der Waals surface area (Å²) in [5, 5.41) is 12.6. The quantitative estimate of drug-likeness (QED) is 0.421. The van der Waals surface area contributed by atoms with Crippen molar-refractivity contribution in [3.8, 4) is 12.3 Å².